The summed E-state index contributed by atoms with van der Waals surface area (Å²) in [5, 5.41) is 7.66. The molecule has 0 saturated heterocycles. The van der Waals surface area contributed by atoms with Gasteiger partial charge in [0.25, 0.3) is 0 Å². The van der Waals surface area contributed by atoms with Gasteiger partial charge in [0.2, 0.25) is 0 Å². The Balaban J connectivity index is 1.99. The lowest BCUT2D eigenvalue weighted by Crippen LogP contribution is -2.20. The summed E-state index contributed by atoms with van der Waals surface area (Å²) in [5.41, 5.74) is 8.18. The minimum Gasteiger partial charge on any atom is -0.328 e. The van der Waals surface area contributed by atoms with Crippen LogP contribution in [0.1, 0.15) is 12.6 Å². The monoisotopic (exact) mass is 297 g/mol. The standard InChI is InChI=1S/C15H15N5S/c1-10(16)8-13-14(18-15-19(13)6-7-21-15)20-12-5-3-2-4-11(12)9-17-20/h2-7,9-10H,8,16H2,1H3. The average molecular weight is 297 g/mol. The summed E-state index contributed by atoms with van der Waals surface area (Å²) >= 11 is 1.62. The molecule has 0 radical (unpaired) electrons. The Kier molecular flexibility index (Phi) is 2.80. The molecule has 3 heterocycles. The second-order valence-corrected chi connectivity index (χ2v) is 6.11. The van der Waals surface area contributed by atoms with Crippen molar-refractivity contribution < 1.29 is 0 Å². The van der Waals surface area contributed by atoms with Crippen LogP contribution in [-0.4, -0.2) is 25.2 Å². The van der Waals surface area contributed by atoms with Crippen LogP contribution in [0, 0.1) is 0 Å². The van der Waals surface area contributed by atoms with E-state index < -0.39 is 0 Å². The van der Waals surface area contributed by atoms with Crippen molar-refractivity contribution in [2.75, 3.05) is 0 Å². The molecule has 0 aliphatic carbocycles. The van der Waals surface area contributed by atoms with E-state index in [-0.39, 0.29) is 6.04 Å². The lowest BCUT2D eigenvalue weighted by molar-refractivity contribution is 0.708. The summed E-state index contributed by atoms with van der Waals surface area (Å²) in [5.74, 6) is 0.875. The van der Waals surface area contributed by atoms with Crippen molar-refractivity contribution in [2.24, 2.45) is 5.73 Å². The molecule has 4 aromatic rings. The van der Waals surface area contributed by atoms with Gasteiger partial charge < -0.3 is 5.73 Å². The average Bonchev–Trinajstić information content (AvgIpc) is 3.13. The highest BCUT2D eigenvalue weighted by molar-refractivity contribution is 7.15. The van der Waals surface area contributed by atoms with E-state index in [2.05, 4.69) is 21.6 Å². The number of aromatic nitrogens is 4. The first-order valence-corrected chi connectivity index (χ1v) is 7.75. The van der Waals surface area contributed by atoms with Crippen LogP contribution in [0.25, 0.3) is 21.7 Å². The molecule has 1 unspecified atom stereocenters. The van der Waals surface area contributed by atoms with Gasteiger partial charge in [0.05, 0.1) is 17.4 Å². The van der Waals surface area contributed by atoms with E-state index >= 15 is 0 Å². The Bertz CT molecular complexity index is 914. The molecule has 1 atom stereocenters. The molecular weight excluding hydrogens is 282 g/mol. The Morgan fingerprint density at radius 3 is 3.05 bits per heavy atom. The maximum Gasteiger partial charge on any atom is 0.195 e. The number of hydrogen-bond acceptors (Lipinski definition) is 4. The first kappa shape index (κ1) is 12.6. The van der Waals surface area contributed by atoms with Crippen LogP contribution >= 0.6 is 11.3 Å². The first-order valence-electron chi connectivity index (χ1n) is 6.87. The smallest absolute Gasteiger partial charge is 0.195 e. The topological polar surface area (TPSA) is 61.1 Å². The van der Waals surface area contributed by atoms with Crippen molar-refractivity contribution in [3.63, 3.8) is 0 Å². The van der Waals surface area contributed by atoms with Crippen molar-refractivity contribution in [3.8, 4) is 5.82 Å². The van der Waals surface area contributed by atoms with Gasteiger partial charge >= 0.3 is 0 Å². The molecule has 0 amide bonds. The van der Waals surface area contributed by atoms with Gasteiger partial charge in [-0.3, -0.25) is 4.40 Å². The highest BCUT2D eigenvalue weighted by Crippen LogP contribution is 2.24. The molecule has 2 N–H and O–H groups in total. The van der Waals surface area contributed by atoms with Crippen LogP contribution < -0.4 is 5.73 Å². The normalized spacial score (nSPS) is 13.2. The first-order chi connectivity index (χ1) is 10.2. The van der Waals surface area contributed by atoms with Crippen molar-refractivity contribution in [3.05, 3.63) is 47.7 Å². The second kappa shape index (κ2) is 4.68. The van der Waals surface area contributed by atoms with Crippen molar-refractivity contribution >= 4 is 27.2 Å². The van der Waals surface area contributed by atoms with Crippen molar-refractivity contribution in [2.45, 2.75) is 19.4 Å². The summed E-state index contributed by atoms with van der Waals surface area (Å²) in [6, 6.07) is 8.23. The van der Waals surface area contributed by atoms with E-state index in [4.69, 9.17) is 10.7 Å². The molecule has 0 bridgehead atoms. The number of imidazole rings is 1. The number of nitrogens with two attached hydrogens (primary N) is 1. The molecule has 5 nitrogen and oxygen atoms in total. The zero-order chi connectivity index (χ0) is 14.4. The Hall–Kier alpha value is -2.18. The van der Waals surface area contributed by atoms with Gasteiger partial charge in [-0.1, -0.05) is 18.2 Å². The molecule has 1 aromatic carbocycles. The third kappa shape index (κ3) is 1.95. The molecule has 21 heavy (non-hydrogen) atoms. The Morgan fingerprint density at radius 1 is 1.33 bits per heavy atom. The third-order valence-electron chi connectivity index (χ3n) is 3.53. The van der Waals surface area contributed by atoms with Gasteiger partial charge in [0, 0.05) is 29.4 Å². The number of hydrogen-bond donors (Lipinski definition) is 1. The second-order valence-electron chi connectivity index (χ2n) is 5.23. The van der Waals surface area contributed by atoms with Gasteiger partial charge in [-0.05, 0) is 13.0 Å². The fraction of sp³-hybridized carbons (Fsp3) is 0.200. The van der Waals surface area contributed by atoms with Crippen LogP contribution in [0.2, 0.25) is 0 Å². The molecule has 0 aliphatic rings. The summed E-state index contributed by atoms with van der Waals surface area (Å²) in [4.78, 5) is 5.72. The molecule has 106 valence electrons. The lowest BCUT2D eigenvalue weighted by atomic mass is 10.2. The number of rotatable bonds is 3. The maximum atomic E-state index is 6.01. The molecule has 0 spiro atoms. The highest BCUT2D eigenvalue weighted by atomic mass is 32.1. The number of fused-ring (bicyclic) bond motifs is 2. The Labute approximate surface area is 125 Å². The SMILES string of the molecule is CC(N)Cc1c(-n2ncc3ccccc32)nc2sccn12. The van der Waals surface area contributed by atoms with E-state index in [1.807, 2.05) is 41.5 Å². The van der Waals surface area contributed by atoms with E-state index in [9.17, 15) is 0 Å². The van der Waals surface area contributed by atoms with E-state index in [0.29, 0.717) is 0 Å². The predicted molar refractivity (Wildman–Crippen MR) is 85.1 cm³/mol. The molecule has 0 fully saturated rings. The minimum absolute atomic E-state index is 0.0744. The fourth-order valence-corrected chi connectivity index (χ4v) is 3.35. The number of para-hydroxylation sites is 1. The van der Waals surface area contributed by atoms with E-state index in [1.165, 1.54) is 0 Å². The van der Waals surface area contributed by atoms with Gasteiger partial charge in [0.1, 0.15) is 0 Å². The molecule has 0 aliphatic heterocycles. The van der Waals surface area contributed by atoms with Crippen molar-refractivity contribution in [1.29, 1.82) is 0 Å². The van der Waals surface area contributed by atoms with E-state index in [0.717, 1.165) is 33.8 Å². The Morgan fingerprint density at radius 2 is 2.19 bits per heavy atom. The van der Waals surface area contributed by atoms with Crippen LogP contribution in [0.15, 0.2) is 42.0 Å². The molecular formula is C15H15N5S. The summed E-state index contributed by atoms with van der Waals surface area (Å²) in [7, 11) is 0. The minimum atomic E-state index is 0.0744. The lowest BCUT2D eigenvalue weighted by Gasteiger charge is -2.07. The highest BCUT2D eigenvalue weighted by Gasteiger charge is 2.18. The number of benzene rings is 1. The molecule has 4 rings (SSSR count). The zero-order valence-electron chi connectivity index (χ0n) is 11.6. The van der Waals surface area contributed by atoms with Gasteiger partial charge in [-0.15, -0.1) is 11.3 Å². The van der Waals surface area contributed by atoms with Crippen LogP contribution in [0.4, 0.5) is 0 Å². The summed E-state index contributed by atoms with van der Waals surface area (Å²) < 4.78 is 4.02. The zero-order valence-corrected chi connectivity index (χ0v) is 12.4. The quantitative estimate of drug-likeness (QED) is 0.632. The van der Waals surface area contributed by atoms with Gasteiger partial charge in [-0.25, -0.2) is 4.68 Å². The van der Waals surface area contributed by atoms with Gasteiger partial charge in [-0.2, -0.15) is 10.1 Å². The van der Waals surface area contributed by atoms with Crippen molar-refractivity contribution in [1.82, 2.24) is 19.2 Å². The van der Waals surface area contributed by atoms with Crippen LogP contribution in [0.5, 0.6) is 0 Å². The third-order valence-corrected chi connectivity index (χ3v) is 4.29. The van der Waals surface area contributed by atoms with E-state index in [1.54, 1.807) is 11.3 Å². The number of thiazole rings is 1. The predicted octanol–water partition coefficient (Wildman–Crippen LogP) is 2.62. The number of nitrogens with zero attached hydrogens (tertiary/aromatic N) is 4. The largest absolute Gasteiger partial charge is 0.328 e. The fourth-order valence-electron chi connectivity index (χ4n) is 2.63. The molecule has 0 saturated carbocycles. The van der Waals surface area contributed by atoms with Crippen LogP contribution in [0.3, 0.4) is 0 Å². The molecule has 6 heteroatoms. The van der Waals surface area contributed by atoms with Gasteiger partial charge in [0.15, 0.2) is 10.8 Å². The summed E-state index contributed by atoms with van der Waals surface area (Å²) in [6.07, 6.45) is 4.68. The maximum absolute atomic E-state index is 6.01. The van der Waals surface area contributed by atoms with Crippen LogP contribution in [-0.2, 0) is 6.42 Å². The molecule has 3 aromatic heterocycles. The summed E-state index contributed by atoms with van der Waals surface area (Å²) in [6.45, 7) is 2.01.